The smallest absolute Gasteiger partial charge is 0.255 e. The Bertz CT molecular complexity index is 1450. The number of aromatic nitrogens is 1. The molecule has 0 saturated heterocycles. The number of rotatable bonds is 6. The van der Waals surface area contributed by atoms with Crippen molar-refractivity contribution >= 4 is 50.9 Å². The van der Waals surface area contributed by atoms with Crippen molar-refractivity contribution in [3.05, 3.63) is 115 Å². The van der Waals surface area contributed by atoms with E-state index in [-0.39, 0.29) is 5.91 Å². The normalized spacial score (nSPS) is 10.6. The molecular weight excluding hydrogens is 422 g/mol. The lowest BCUT2D eigenvalue weighted by Crippen LogP contribution is -2.11. The number of fused-ring (bicyclic) bond motifs is 1. The first-order valence-corrected chi connectivity index (χ1v) is 10.9. The molecule has 0 fully saturated rings. The highest BCUT2D eigenvalue weighted by molar-refractivity contribution is 6.04. The van der Waals surface area contributed by atoms with Crippen molar-refractivity contribution in [3.8, 4) is 0 Å². The number of anilines is 6. The Kier molecular flexibility index (Phi) is 5.78. The van der Waals surface area contributed by atoms with Crippen LogP contribution in [0.2, 0.25) is 0 Å². The molecule has 166 valence electrons. The topological polar surface area (TPSA) is 92.1 Å². The van der Waals surface area contributed by atoms with E-state index in [1.807, 2.05) is 91.0 Å². The van der Waals surface area contributed by atoms with E-state index in [1.165, 1.54) is 0 Å². The van der Waals surface area contributed by atoms with E-state index in [4.69, 9.17) is 5.73 Å². The van der Waals surface area contributed by atoms with Crippen LogP contribution >= 0.6 is 0 Å². The Morgan fingerprint density at radius 1 is 0.676 bits per heavy atom. The molecule has 5 rings (SSSR count). The van der Waals surface area contributed by atoms with Crippen LogP contribution in [0.4, 0.5) is 34.1 Å². The lowest BCUT2D eigenvalue weighted by molar-refractivity contribution is 0.102. The number of carbonyl (C=O) groups excluding carboxylic acids is 1. The third-order valence-corrected chi connectivity index (χ3v) is 5.37. The molecule has 6 heteroatoms. The summed E-state index contributed by atoms with van der Waals surface area (Å²) in [5.41, 5.74) is 12.4. The minimum Gasteiger partial charge on any atom is -0.399 e. The van der Waals surface area contributed by atoms with Crippen molar-refractivity contribution in [2.45, 2.75) is 0 Å². The summed E-state index contributed by atoms with van der Waals surface area (Å²) in [6.07, 6.45) is 1.75. The molecule has 1 aromatic heterocycles. The van der Waals surface area contributed by atoms with Crippen LogP contribution in [0, 0.1) is 0 Å². The van der Waals surface area contributed by atoms with Gasteiger partial charge in [0.05, 0.1) is 5.52 Å². The van der Waals surface area contributed by atoms with Crippen LogP contribution in [0.25, 0.3) is 10.9 Å². The number of para-hydroxylation sites is 1. The summed E-state index contributed by atoms with van der Waals surface area (Å²) in [5.74, 6) is -0.175. The largest absolute Gasteiger partial charge is 0.399 e. The van der Waals surface area contributed by atoms with Crippen molar-refractivity contribution in [3.63, 3.8) is 0 Å². The monoisotopic (exact) mass is 445 g/mol. The van der Waals surface area contributed by atoms with Crippen molar-refractivity contribution in [1.29, 1.82) is 0 Å². The van der Waals surface area contributed by atoms with Crippen LogP contribution in [0.5, 0.6) is 0 Å². The third-order valence-electron chi connectivity index (χ3n) is 5.37. The van der Waals surface area contributed by atoms with Gasteiger partial charge in [-0.1, -0.05) is 24.3 Å². The molecule has 5 aromatic rings. The second-order valence-electron chi connectivity index (χ2n) is 7.86. The lowest BCUT2D eigenvalue weighted by atomic mass is 10.1. The van der Waals surface area contributed by atoms with Crippen LogP contribution in [-0.4, -0.2) is 10.9 Å². The molecule has 5 N–H and O–H groups in total. The fourth-order valence-electron chi connectivity index (χ4n) is 3.70. The van der Waals surface area contributed by atoms with E-state index in [0.717, 1.165) is 33.7 Å². The van der Waals surface area contributed by atoms with Crippen LogP contribution < -0.4 is 21.7 Å². The van der Waals surface area contributed by atoms with Crippen LogP contribution in [-0.2, 0) is 0 Å². The van der Waals surface area contributed by atoms with Crippen LogP contribution in [0.15, 0.2) is 109 Å². The average Bonchev–Trinajstić information content (AvgIpc) is 2.86. The zero-order valence-corrected chi connectivity index (χ0v) is 18.3. The predicted octanol–water partition coefficient (Wildman–Crippen LogP) is 6.56. The number of nitrogens with one attached hydrogen (secondary N) is 3. The average molecular weight is 446 g/mol. The minimum atomic E-state index is -0.175. The highest BCUT2D eigenvalue weighted by atomic mass is 16.1. The Morgan fingerprint density at radius 3 is 2.24 bits per heavy atom. The van der Waals surface area contributed by atoms with E-state index in [2.05, 4.69) is 20.9 Å². The molecule has 0 radical (unpaired) electrons. The van der Waals surface area contributed by atoms with E-state index >= 15 is 0 Å². The van der Waals surface area contributed by atoms with Gasteiger partial charge < -0.3 is 21.7 Å². The van der Waals surface area contributed by atoms with Gasteiger partial charge in [0.1, 0.15) is 0 Å². The molecule has 1 amide bonds. The maximum Gasteiger partial charge on any atom is 0.255 e. The summed E-state index contributed by atoms with van der Waals surface area (Å²) in [6.45, 7) is 0. The summed E-state index contributed by atoms with van der Waals surface area (Å²) in [7, 11) is 0. The predicted molar refractivity (Wildman–Crippen MR) is 140 cm³/mol. The summed E-state index contributed by atoms with van der Waals surface area (Å²) in [5, 5.41) is 10.6. The van der Waals surface area contributed by atoms with Gasteiger partial charge in [0, 0.05) is 51.3 Å². The maximum absolute atomic E-state index is 12.8. The van der Waals surface area contributed by atoms with Gasteiger partial charge in [-0.3, -0.25) is 9.78 Å². The fourth-order valence-corrected chi connectivity index (χ4v) is 3.70. The number of amides is 1. The molecule has 0 aliphatic heterocycles. The molecule has 0 spiro atoms. The minimum absolute atomic E-state index is 0.175. The molecule has 1 heterocycles. The maximum atomic E-state index is 12.8. The number of carbonyl (C=O) groups is 1. The van der Waals surface area contributed by atoms with Gasteiger partial charge in [0.15, 0.2) is 0 Å². The second kappa shape index (κ2) is 9.34. The summed E-state index contributed by atoms with van der Waals surface area (Å²) < 4.78 is 0. The van der Waals surface area contributed by atoms with Gasteiger partial charge in [-0.05, 0) is 78.9 Å². The zero-order chi connectivity index (χ0) is 23.3. The number of nitrogens with zero attached hydrogens (tertiary/aromatic N) is 1. The first kappa shape index (κ1) is 21.0. The number of hydrogen-bond acceptors (Lipinski definition) is 5. The molecule has 6 nitrogen and oxygen atoms in total. The van der Waals surface area contributed by atoms with Gasteiger partial charge in [-0.2, -0.15) is 0 Å². The van der Waals surface area contributed by atoms with E-state index in [9.17, 15) is 4.79 Å². The van der Waals surface area contributed by atoms with Crippen molar-refractivity contribution in [2.75, 3.05) is 21.7 Å². The van der Waals surface area contributed by atoms with Gasteiger partial charge >= 0.3 is 0 Å². The Hall–Kier alpha value is -4.84. The summed E-state index contributed by atoms with van der Waals surface area (Å²) in [6, 6.07) is 32.4. The Morgan fingerprint density at radius 2 is 1.41 bits per heavy atom. The van der Waals surface area contributed by atoms with E-state index in [0.29, 0.717) is 16.9 Å². The number of benzene rings is 4. The molecular formula is C28H23N5O. The molecule has 0 atom stereocenters. The van der Waals surface area contributed by atoms with Crippen LogP contribution in [0.1, 0.15) is 10.4 Å². The Balaban J connectivity index is 1.27. The number of pyridine rings is 1. The van der Waals surface area contributed by atoms with Crippen molar-refractivity contribution < 1.29 is 4.79 Å². The molecule has 4 aromatic carbocycles. The standard InChI is InChI=1S/C28H23N5O/c29-20-11-14-26-25(17-20)27(15-16-30-26)32-22-12-9-19(10-13-22)28(34)33-24-8-4-7-23(18-24)31-21-5-2-1-3-6-21/h1-18,31H,29H2,(H,30,32)(H,33,34). The molecule has 0 unspecified atom stereocenters. The highest BCUT2D eigenvalue weighted by Crippen LogP contribution is 2.27. The third kappa shape index (κ3) is 4.81. The Labute approximate surface area is 197 Å². The first-order chi connectivity index (χ1) is 16.6. The highest BCUT2D eigenvalue weighted by Gasteiger charge is 2.08. The SMILES string of the molecule is Nc1ccc2nccc(Nc3ccc(C(=O)Nc4cccc(Nc5ccccc5)c4)cc3)c2c1. The van der Waals surface area contributed by atoms with Gasteiger partial charge in [-0.25, -0.2) is 0 Å². The van der Waals surface area contributed by atoms with E-state index in [1.54, 1.807) is 18.3 Å². The van der Waals surface area contributed by atoms with E-state index < -0.39 is 0 Å². The molecule has 0 aliphatic rings. The molecule has 34 heavy (non-hydrogen) atoms. The number of nitrogens with two attached hydrogens (primary N) is 1. The quantitative estimate of drug-likeness (QED) is 0.222. The summed E-state index contributed by atoms with van der Waals surface area (Å²) in [4.78, 5) is 17.2. The fraction of sp³-hybridized carbons (Fsp3) is 0. The number of hydrogen-bond donors (Lipinski definition) is 4. The first-order valence-electron chi connectivity index (χ1n) is 10.9. The second-order valence-corrected chi connectivity index (χ2v) is 7.86. The molecule has 0 bridgehead atoms. The van der Waals surface area contributed by atoms with Gasteiger partial charge in [0.25, 0.3) is 5.91 Å². The van der Waals surface area contributed by atoms with Gasteiger partial charge in [0.2, 0.25) is 0 Å². The van der Waals surface area contributed by atoms with Crippen LogP contribution in [0.3, 0.4) is 0 Å². The van der Waals surface area contributed by atoms with Crippen molar-refractivity contribution in [1.82, 2.24) is 4.98 Å². The molecule has 0 saturated carbocycles. The number of nitrogen functional groups attached to an aromatic ring is 1. The van der Waals surface area contributed by atoms with Crippen molar-refractivity contribution in [2.24, 2.45) is 0 Å². The summed E-state index contributed by atoms with van der Waals surface area (Å²) >= 11 is 0. The zero-order valence-electron chi connectivity index (χ0n) is 18.3. The lowest BCUT2D eigenvalue weighted by Gasteiger charge is -2.11. The molecule has 0 aliphatic carbocycles. The van der Waals surface area contributed by atoms with Gasteiger partial charge in [-0.15, -0.1) is 0 Å².